The van der Waals surface area contributed by atoms with Crippen molar-refractivity contribution in [1.29, 1.82) is 0 Å². The number of hydrogen-bond acceptors (Lipinski definition) is 6. The van der Waals surface area contributed by atoms with Crippen LogP contribution in [0.5, 0.6) is 5.75 Å². The molecule has 0 bridgehead atoms. The first-order chi connectivity index (χ1) is 13.0. The van der Waals surface area contributed by atoms with Crippen LogP contribution in [0.3, 0.4) is 0 Å². The predicted molar refractivity (Wildman–Crippen MR) is 95.9 cm³/mol. The number of hydrogen-bond donors (Lipinski definition) is 1. The van der Waals surface area contributed by atoms with E-state index in [1.165, 1.54) is 23.4 Å². The first kappa shape index (κ1) is 19.7. The van der Waals surface area contributed by atoms with E-state index in [0.29, 0.717) is 16.8 Å². The van der Waals surface area contributed by atoms with E-state index in [2.05, 4.69) is 10.1 Å². The van der Waals surface area contributed by atoms with Gasteiger partial charge in [-0.25, -0.2) is 18.1 Å². The predicted octanol–water partition coefficient (Wildman–Crippen LogP) is 2.86. The maximum absolute atomic E-state index is 12.7. The number of benzene rings is 2. The zero-order valence-electron chi connectivity index (χ0n) is 14.5. The number of nitrogens with two attached hydrogens (primary N) is 1. The van der Waals surface area contributed by atoms with Crippen molar-refractivity contribution in [3.8, 4) is 22.6 Å². The number of alkyl halides is 3. The molecule has 0 aliphatic rings. The number of aromatic nitrogens is 3. The van der Waals surface area contributed by atoms with Gasteiger partial charge < -0.3 is 10.5 Å². The number of ether oxygens (including phenoxy) is 1. The maximum atomic E-state index is 12.7. The van der Waals surface area contributed by atoms with E-state index in [-0.39, 0.29) is 16.3 Å². The highest BCUT2D eigenvalue weighted by Crippen LogP contribution is 2.37. The molecule has 7 nitrogen and oxygen atoms in total. The molecule has 2 aromatic carbocycles. The molecule has 0 amide bonds. The summed E-state index contributed by atoms with van der Waals surface area (Å²) in [5.74, 6) is -0.294. The molecule has 0 saturated carbocycles. The molecular weight excluding hydrogens is 397 g/mol. The zero-order chi connectivity index (χ0) is 20.5. The van der Waals surface area contributed by atoms with Crippen LogP contribution in [0.25, 0.3) is 16.8 Å². The van der Waals surface area contributed by atoms with Crippen molar-refractivity contribution in [2.75, 3.05) is 18.6 Å². The normalized spacial score (nSPS) is 12.1. The molecule has 0 aliphatic heterocycles. The van der Waals surface area contributed by atoms with E-state index in [4.69, 9.17) is 10.5 Å². The molecule has 148 valence electrons. The first-order valence-electron chi connectivity index (χ1n) is 7.83. The van der Waals surface area contributed by atoms with Crippen molar-refractivity contribution in [1.82, 2.24) is 14.8 Å². The Bertz CT molecular complexity index is 1080. The van der Waals surface area contributed by atoms with Gasteiger partial charge in [-0.3, -0.25) is 0 Å². The Balaban J connectivity index is 2.29. The summed E-state index contributed by atoms with van der Waals surface area (Å²) in [6, 6.07) is 8.79. The van der Waals surface area contributed by atoms with Crippen molar-refractivity contribution in [2.24, 2.45) is 0 Å². The number of sulfone groups is 1. The Labute approximate surface area is 158 Å². The van der Waals surface area contributed by atoms with Crippen LogP contribution < -0.4 is 10.5 Å². The summed E-state index contributed by atoms with van der Waals surface area (Å²) in [6.45, 7) is -1.59. The molecular formula is C17H15F3N4O3S. The third-order valence-electron chi connectivity index (χ3n) is 3.74. The summed E-state index contributed by atoms with van der Waals surface area (Å²) < 4.78 is 68.5. The molecule has 3 aromatic rings. The molecule has 0 radical (unpaired) electrons. The minimum atomic E-state index is -4.61. The lowest BCUT2D eigenvalue weighted by atomic mass is 10.0. The number of nitrogen functional groups attached to an aromatic ring is 1. The minimum Gasteiger partial charge on any atom is -0.482 e. The lowest BCUT2D eigenvalue weighted by molar-refractivity contribution is -0.153. The van der Waals surface area contributed by atoms with Crippen LogP contribution in [-0.4, -0.2) is 42.2 Å². The Hall–Kier alpha value is -3.08. The summed E-state index contributed by atoms with van der Waals surface area (Å²) in [4.78, 5) is 3.61. The number of anilines is 1. The van der Waals surface area contributed by atoms with Gasteiger partial charge in [0, 0.05) is 23.6 Å². The van der Waals surface area contributed by atoms with Crippen LogP contribution >= 0.6 is 0 Å². The average Bonchev–Trinajstić information content (AvgIpc) is 3.12. The highest BCUT2D eigenvalue weighted by Gasteiger charge is 2.30. The largest absolute Gasteiger partial charge is 0.482 e. The van der Waals surface area contributed by atoms with Crippen LogP contribution in [0.15, 0.2) is 53.9 Å². The lowest BCUT2D eigenvalue weighted by Crippen LogP contribution is -2.20. The van der Waals surface area contributed by atoms with Crippen LogP contribution in [0.2, 0.25) is 0 Å². The van der Waals surface area contributed by atoms with Gasteiger partial charge in [-0.05, 0) is 23.8 Å². The van der Waals surface area contributed by atoms with Gasteiger partial charge in [-0.2, -0.15) is 18.3 Å². The number of rotatable bonds is 5. The minimum absolute atomic E-state index is 0.124. The van der Waals surface area contributed by atoms with Gasteiger partial charge in [0.2, 0.25) is 0 Å². The molecule has 0 fully saturated rings. The van der Waals surface area contributed by atoms with Crippen molar-refractivity contribution in [3.05, 3.63) is 49.1 Å². The molecule has 0 spiro atoms. The van der Waals surface area contributed by atoms with Gasteiger partial charge >= 0.3 is 6.18 Å². The highest BCUT2D eigenvalue weighted by molar-refractivity contribution is 7.90. The Morgan fingerprint density at radius 1 is 1.18 bits per heavy atom. The molecule has 3 rings (SSSR count). The third kappa shape index (κ3) is 4.42. The Morgan fingerprint density at radius 3 is 2.39 bits per heavy atom. The number of halogens is 3. The summed E-state index contributed by atoms with van der Waals surface area (Å²) in [5, 5.41) is 3.96. The Kier molecular flexibility index (Phi) is 5.02. The second kappa shape index (κ2) is 7.15. The van der Waals surface area contributed by atoms with Gasteiger partial charge in [0.05, 0.1) is 4.90 Å². The molecule has 11 heteroatoms. The summed E-state index contributed by atoms with van der Waals surface area (Å²) in [6.07, 6.45) is -1.18. The molecule has 0 aliphatic carbocycles. The smallest absolute Gasteiger partial charge is 0.422 e. The van der Waals surface area contributed by atoms with Gasteiger partial charge in [0.1, 0.15) is 24.1 Å². The average molecular weight is 412 g/mol. The van der Waals surface area contributed by atoms with E-state index >= 15 is 0 Å². The highest BCUT2D eigenvalue weighted by atomic mass is 32.2. The molecule has 0 saturated heterocycles. The van der Waals surface area contributed by atoms with Crippen molar-refractivity contribution in [3.63, 3.8) is 0 Å². The van der Waals surface area contributed by atoms with Crippen LogP contribution in [0.4, 0.5) is 18.9 Å². The topological polar surface area (TPSA) is 100 Å². The van der Waals surface area contributed by atoms with Crippen LogP contribution in [0, 0.1) is 0 Å². The van der Waals surface area contributed by atoms with E-state index < -0.39 is 22.6 Å². The molecule has 0 unspecified atom stereocenters. The molecule has 1 aromatic heterocycles. The van der Waals surface area contributed by atoms with Crippen molar-refractivity contribution < 1.29 is 26.3 Å². The second-order valence-corrected chi connectivity index (χ2v) is 7.97. The third-order valence-corrected chi connectivity index (χ3v) is 4.83. The van der Waals surface area contributed by atoms with Crippen molar-refractivity contribution in [2.45, 2.75) is 11.1 Å². The molecule has 2 N–H and O–H groups in total. The van der Waals surface area contributed by atoms with E-state index in [0.717, 1.165) is 12.3 Å². The first-order valence-corrected chi connectivity index (χ1v) is 9.72. The number of nitrogens with zero attached hydrogens (tertiary/aromatic N) is 3. The molecule has 28 heavy (non-hydrogen) atoms. The van der Waals surface area contributed by atoms with Crippen LogP contribution in [-0.2, 0) is 9.84 Å². The van der Waals surface area contributed by atoms with Gasteiger partial charge in [-0.1, -0.05) is 12.1 Å². The monoisotopic (exact) mass is 412 g/mol. The quantitative estimate of drug-likeness (QED) is 0.647. The van der Waals surface area contributed by atoms with E-state index in [1.54, 1.807) is 24.3 Å². The summed E-state index contributed by atoms with van der Waals surface area (Å²) >= 11 is 0. The maximum Gasteiger partial charge on any atom is 0.422 e. The fraction of sp³-hybridized carbons (Fsp3) is 0.176. The van der Waals surface area contributed by atoms with Crippen molar-refractivity contribution >= 4 is 15.5 Å². The summed E-state index contributed by atoms with van der Waals surface area (Å²) in [7, 11) is -3.73. The fourth-order valence-electron chi connectivity index (χ4n) is 2.51. The Morgan fingerprint density at radius 2 is 1.86 bits per heavy atom. The van der Waals surface area contributed by atoms with Crippen LogP contribution in [0.1, 0.15) is 0 Å². The molecule has 0 atom stereocenters. The van der Waals surface area contributed by atoms with Gasteiger partial charge in [0.25, 0.3) is 0 Å². The standard InChI is InChI=1S/C17H15F3N4O3S/c1-28(25,26)13-6-14(11-2-4-12(21)5-3-11)16(24-10-22-9-23-24)15(7-13)27-8-17(18,19)20/h2-7,9-10H,8,21H2,1H3. The fourth-order valence-corrected chi connectivity index (χ4v) is 3.16. The lowest BCUT2D eigenvalue weighted by Gasteiger charge is -2.18. The van der Waals surface area contributed by atoms with E-state index in [1.807, 2.05) is 0 Å². The van der Waals surface area contributed by atoms with Gasteiger partial charge in [0.15, 0.2) is 16.4 Å². The summed E-state index contributed by atoms with van der Waals surface area (Å²) in [5.41, 5.74) is 7.10. The second-order valence-electron chi connectivity index (χ2n) is 5.96. The zero-order valence-corrected chi connectivity index (χ0v) is 15.3. The SMILES string of the molecule is CS(=O)(=O)c1cc(OCC(F)(F)F)c(-n2cncn2)c(-c2ccc(N)cc2)c1. The van der Waals surface area contributed by atoms with Gasteiger partial charge in [-0.15, -0.1) is 0 Å². The molecule has 1 heterocycles. The van der Waals surface area contributed by atoms with E-state index in [9.17, 15) is 21.6 Å².